The number of nitrogens with one attached hydrogen (secondary N) is 1. The number of carbonyl (C=O) groups is 1. The molecule has 1 N–H and O–H groups in total. The fourth-order valence-corrected chi connectivity index (χ4v) is 3.72. The highest BCUT2D eigenvalue weighted by Crippen LogP contribution is 2.29. The lowest BCUT2D eigenvalue weighted by Gasteiger charge is -2.11. The molecule has 1 aromatic heterocycles. The Morgan fingerprint density at radius 3 is 2.44 bits per heavy atom. The van der Waals surface area contributed by atoms with Crippen LogP contribution in [0, 0.1) is 13.8 Å². The van der Waals surface area contributed by atoms with E-state index in [1.54, 1.807) is 42.5 Å². The van der Waals surface area contributed by atoms with Crippen LogP contribution in [0.25, 0.3) is 11.0 Å². The zero-order valence-corrected chi connectivity index (χ0v) is 20.3. The molecule has 0 spiro atoms. The van der Waals surface area contributed by atoms with Gasteiger partial charge in [-0.2, -0.15) is 0 Å². The van der Waals surface area contributed by atoms with Crippen LogP contribution in [-0.2, 0) is 4.79 Å². The maximum absolute atomic E-state index is 12.9. The second kappa shape index (κ2) is 9.97. The van der Waals surface area contributed by atoms with Crippen LogP contribution in [0.1, 0.15) is 11.1 Å². The van der Waals surface area contributed by atoms with Crippen molar-refractivity contribution in [3.05, 3.63) is 91.2 Å². The van der Waals surface area contributed by atoms with Gasteiger partial charge < -0.3 is 19.2 Å². The molecule has 0 fully saturated rings. The van der Waals surface area contributed by atoms with Crippen LogP contribution in [0.5, 0.6) is 17.2 Å². The van der Waals surface area contributed by atoms with E-state index in [2.05, 4.69) is 5.32 Å². The monoisotopic (exact) mass is 517 g/mol. The van der Waals surface area contributed by atoms with E-state index in [4.69, 9.17) is 48.7 Å². The molecule has 3 aromatic carbocycles. The van der Waals surface area contributed by atoms with Gasteiger partial charge in [-0.05, 0) is 67.4 Å². The summed E-state index contributed by atoms with van der Waals surface area (Å²) in [6.45, 7) is 3.43. The molecule has 0 atom stereocenters. The predicted molar refractivity (Wildman–Crippen MR) is 134 cm³/mol. The predicted octanol–water partition coefficient (Wildman–Crippen LogP) is 7.18. The van der Waals surface area contributed by atoms with Crippen molar-refractivity contribution in [3.63, 3.8) is 0 Å². The maximum Gasteiger partial charge on any atom is 0.262 e. The van der Waals surface area contributed by atoms with E-state index in [9.17, 15) is 9.59 Å². The molecule has 4 aromatic rings. The SMILES string of the molecule is Cc1cc(Oc2coc3cc(OCC(=O)Nc4cc(Cl)ccc4Cl)ccc3c2=O)cc(C)c1Cl. The zero-order chi connectivity index (χ0) is 24.4. The van der Waals surface area contributed by atoms with Gasteiger partial charge in [-0.1, -0.05) is 34.8 Å². The number of rotatable bonds is 6. The number of benzene rings is 3. The Morgan fingerprint density at radius 1 is 0.971 bits per heavy atom. The first-order valence-electron chi connectivity index (χ1n) is 10.1. The average molecular weight is 519 g/mol. The minimum Gasteiger partial charge on any atom is -0.484 e. The van der Waals surface area contributed by atoms with Crippen molar-refractivity contribution in [2.45, 2.75) is 13.8 Å². The molecule has 34 heavy (non-hydrogen) atoms. The Bertz CT molecular complexity index is 1440. The Hall–Kier alpha value is -3.19. The summed E-state index contributed by atoms with van der Waals surface area (Å²) >= 11 is 18.2. The van der Waals surface area contributed by atoms with Gasteiger partial charge in [0.1, 0.15) is 23.3 Å². The third-order valence-corrected chi connectivity index (χ3v) is 6.09. The maximum atomic E-state index is 12.9. The third-order valence-electron chi connectivity index (χ3n) is 4.92. The van der Waals surface area contributed by atoms with Crippen LogP contribution >= 0.6 is 34.8 Å². The number of fused-ring (bicyclic) bond motifs is 1. The first-order valence-corrected chi connectivity index (χ1v) is 11.2. The van der Waals surface area contributed by atoms with E-state index < -0.39 is 5.91 Å². The van der Waals surface area contributed by atoms with Gasteiger partial charge in [0.25, 0.3) is 5.91 Å². The zero-order valence-electron chi connectivity index (χ0n) is 18.1. The van der Waals surface area contributed by atoms with Crippen molar-refractivity contribution in [2.75, 3.05) is 11.9 Å². The van der Waals surface area contributed by atoms with Gasteiger partial charge in [0.2, 0.25) is 11.2 Å². The summed E-state index contributed by atoms with van der Waals surface area (Å²) in [5.74, 6) is 0.445. The van der Waals surface area contributed by atoms with Crippen molar-refractivity contribution in [2.24, 2.45) is 0 Å². The smallest absolute Gasteiger partial charge is 0.262 e. The fourth-order valence-electron chi connectivity index (χ4n) is 3.27. The van der Waals surface area contributed by atoms with Crippen LogP contribution in [0.3, 0.4) is 0 Å². The Labute approximate surface area is 210 Å². The first kappa shape index (κ1) is 24.0. The van der Waals surface area contributed by atoms with Crippen LogP contribution in [0.4, 0.5) is 5.69 Å². The molecule has 0 unspecified atom stereocenters. The molecular formula is C25H18Cl3NO5. The number of hydrogen-bond donors (Lipinski definition) is 1. The number of halogens is 3. The average Bonchev–Trinajstić information content (AvgIpc) is 2.80. The van der Waals surface area contributed by atoms with Crippen molar-refractivity contribution >= 4 is 57.4 Å². The molecule has 0 aliphatic carbocycles. The lowest BCUT2D eigenvalue weighted by atomic mass is 10.1. The molecule has 174 valence electrons. The summed E-state index contributed by atoms with van der Waals surface area (Å²) in [5, 5.41) is 4.38. The largest absolute Gasteiger partial charge is 0.484 e. The van der Waals surface area contributed by atoms with Crippen molar-refractivity contribution in [1.82, 2.24) is 0 Å². The second-order valence-electron chi connectivity index (χ2n) is 7.52. The summed E-state index contributed by atoms with van der Waals surface area (Å²) in [5.41, 5.74) is 2.00. The summed E-state index contributed by atoms with van der Waals surface area (Å²) in [7, 11) is 0. The van der Waals surface area contributed by atoms with Crippen LogP contribution in [-0.4, -0.2) is 12.5 Å². The van der Waals surface area contributed by atoms with Crippen LogP contribution in [0.2, 0.25) is 15.1 Å². The molecule has 9 heteroatoms. The highest BCUT2D eigenvalue weighted by molar-refractivity contribution is 6.35. The van der Waals surface area contributed by atoms with Crippen LogP contribution in [0.15, 0.2) is 64.0 Å². The Kier molecular flexibility index (Phi) is 7.03. The molecule has 0 aliphatic heterocycles. The normalized spacial score (nSPS) is 10.9. The third kappa shape index (κ3) is 5.30. The van der Waals surface area contributed by atoms with E-state index in [1.165, 1.54) is 12.3 Å². The van der Waals surface area contributed by atoms with Gasteiger partial charge in [0.05, 0.1) is 16.1 Å². The lowest BCUT2D eigenvalue weighted by Crippen LogP contribution is -2.20. The fraction of sp³-hybridized carbons (Fsp3) is 0.120. The molecule has 0 saturated carbocycles. The number of ether oxygens (including phenoxy) is 2. The second-order valence-corrected chi connectivity index (χ2v) is 8.74. The van der Waals surface area contributed by atoms with E-state index in [-0.39, 0.29) is 23.4 Å². The molecule has 6 nitrogen and oxygen atoms in total. The van der Waals surface area contributed by atoms with Crippen molar-refractivity contribution < 1.29 is 18.7 Å². The minimum absolute atomic E-state index is 0.0417. The number of hydrogen-bond acceptors (Lipinski definition) is 5. The Balaban J connectivity index is 1.47. The van der Waals surface area contributed by atoms with E-state index in [0.29, 0.717) is 37.6 Å². The van der Waals surface area contributed by atoms with E-state index in [0.717, 1.165) is 11.1 Å². The van der Waals surface area contributed by atoms with Gasteiger partial charge in [-0.3, -0.25) is 9.59 Å². The van der Waals surface area contributed by atoms with Crippen molar-refractivity contribution in [3.8, 4) is 17.2 Å². The van der Waals surface area contributed by atoms with Gasteiger partial charge in [0, 0.05) is 16.1 Å². The van der Waals surface area contributed by atoms with Gasteiger partial charge >= 0.3 is 0 Å². The molecule has 0 saturated heterocycles. The Morgan fingerprint density at radius 2 is 1.71 bits per heavy atom. The molecule has 1 amide bonds. The highest BCUT2D eigenvalue weighted by atomic mass is 35.5. The van der Waals surface area contributed by atoms with Gasteiger partial charge in [-0.25, -0.2) is 0 Å². The van der Waals surface area contributed by atoms with Gasteiger partial charge in [0.15, 0.2) is 6.61 Å². The topological polar surface area (TPSA) is 77.8 Å². The molecule has 0 aliphatic rings. The van der Waals surface area contributed by atoms with Crippen molar-refractivity contribution in [1.29, 1.82) is 0 Å². The summed E-state index contributed by atoms with van der Waals surface area (Å²) in [6.07, 6.45) is 1.24. The molecular weight excluding hydrogens is 501 g/mol. The number of anilines is 1. The lowest BCUT2D eigenvalue weighted by molar-refractivity contribution is -0.118. The summed E-state index contributed by atoms with van der Waals surface area (Å²) in [6, 6.07) is 12.9. The quantitative estimate of drug-likeness (QED) is 0.292. The van der Waals surface area contributed by atoms with Crippen LogP contribution < -0.4 is 20.2 Å². The summed E-state index contributed by atoms with van der Waals surface area (Å²) < 4.78 is 16.9. The van der Waals surface area contributed by atoms with E-state index in [1.807, 2.05) is 13.8 Å². The molecule has 1 heterocycles. The first-order chi connectivity index (χ1) is 16.2. The van der Waals surface area contributed by atoms with Gasteiger partial charge in [-0.15, -0.1) is 0 Å². The minimum atomic E-state index is -0.428. The summed E-state index contributed by atoms with van der Waals surface area (Å²) in [4.78, 5) is 25.1. The number of aryl methyl sites for hydroxylation is 2. The standard InChI is InChI=1S/C25H18Cl3NO5/c1-13-7-17(8-14(2)24(13)28)34-22-11-33-21-10-16(4-5-18(21)25(22)31)32-12-23(30)29-20-9-15(26)3-6-19(20)27/h3-11H,12H2,1-2H3,(H,29,30). The number of amides is 1. The van der Waals surface area contributed by atoms with E-state index >= 15 is 0 Å². The molecule has 0 bridgehead atoms. The molecule has 0 radical (unpaired) electrons. The number of carbonyl (C=O) groups excluding carboxylic acids is 1. The molecule has 4 rings (SSSR count). The highest BCUT2D eigenvalue weighted by Gasteiger charge is 2.13.